The number of hydrogen-bond donors (Lipinski definition) is 0. The summed E-state index contributed by atoms with van der Waals surface area (Å²) >= 11 is 5.48. The van der Waals surface area contributed by atoms with Crippen molar-refractivity contribution in [3.8, 4) is 11.4 Å². The second-order valence-electron chi connectivity index (χ2n) is 4.56. The van der Waals surface area contributed by atoms with Gasteiger partial charge in [0, 0.05) is 5.69 Å². The molecule has 0 aliphatic rings. The summed E-state index contributed by atoms with van der Waals surface area (Å²) in [7, 11) is 1.56. The maximum absolute atomic E-state index is 12.5. The number of rotatable bonds is 3. The third-order valence-corrected chi connectivity index (χ3v) is 3.46. The van der Waals surface area contributed by atoms with Gasteiger partial charge in [0.1, 0.15) is 5.75 Å². The largest absolute Gasteiger partial charge is 0.497 e. The number of carbonyl (C=O) groups excluding carboxylic acids is 1. The van der Waals surface area contributed by atoms with Crippen molar-refractivity contribution in [3.63, 3.8) is 0 Å². The molecule has 0 atom stereocenters. The third kappa shape index (κ3) is 2.35. The number of methoxy groups -OCH3 is 1. The second-order valence-corrected chi connectivity index (χ2v) is 4.90. The number of carbonyl (C=O) groups is 1. The molecule has 1 heterocycles. The number of para-hydroxylation sites is 2. The molecule has 110 valence electrons. The molecule has 3 rings (SSSR count). The number of benzene rings is 2. The first-order valence-corrected chi connectivity index (χ1v) is 6.85. The van der Waals surface area contributed by atoms with Gasteiger partial charge in [-0.25, -0.2) is 4.98 Å². The molecular weight excluding hydrogens is 304 g/mol. The lowest BCUT2D eigenvalue weighted by Crippen LogP contribution is -2.26. The molecule has 1 aromatic heterocycles. The van der Waals surface area contributed by atoms with Crippen molar-refractivity contribution in [1.29, 1.82) is 0 Å². The number of nitrogens with zero attached hydrogens (tertiary/aromatic N) is 2. The van der Waals surface area contributed by atoms with Crippen molar-refractivity contribution in [2.24, 2.45) is 0 Å². The van der Waals surface area contributed by atoms with Gasteiger partial charge >= 0.3 is 0 Å². The van der Waals surface area contributed by atoms with E-state index < -0.39 is 10.8 Å². The van der Waals surface area contributed by atoms with Crippen LogP contribution in [0.25, 0.3) is 16.7 Å². The fourth-order valence-corrected chi connectivity index (χ4v) is 2.37. The van der Waals surface area contributed by atoms with Gasteiger partial charge in [-0.05, 0) is 48.0 Å². The van der Waals surface area contributed by atoms with Crippen molar-refractivity contribution in [2.75, 3.05) is 7.11 Å². The molecule has 3 aromatic rings. The standard InChI is InChI=1S/C16H11ClN2O3/c1-22-11-8-6-10(7-9-11)19-13-5-3-2-4-12(13)18-14(15(17)20)16(19)21/h2-9H,1H3. The smallest absolute Gasteiger partial charge is 0.286 e. The Morgan fingerprint density at radius 1 is 1.14 bits per heavy atom. The Morgan fingerprint density at radius 2 is 1.82 bits per heavy atom. The van der Waals surface area contributed by atoms with Crippen LogP contribution in [0.2, 0.25) is 0 Å². The Bertz CT molecular complexity index is 917. The van der Waals surface area contributed by atoms with E-state index in [1.54, 1.807) is 55.6 Å². The van der Waals surface area contributed by atoms with Crippen LogP contribution in [0.5, 0.6) is 5.75 Å². The highest BCUT2D eigenvalue weighted by Gasteiger charge is 2.16. The maximum atomic E-state index is 12.5. The van der Waals surface area contributed by atoms with Crippen molar-refractivity contribution in [3.05, 3.63) is 64.6 Å². The number of halogens is 1. The highest BCUT2D eigenvalue weighted by molar-refractivity contribution is 6.67. The molecule has 0 fully saturated rings. The summed E-state index contributed by atoms with van der Waals surface area (Å²) < 4.78 is 6.52. The van der Waals surface area contributed by atoms with E-state index in [0.29, 0.717) is 22.5 Å². The SMILES string of the molecule is COc1ccc(-n2c(=O)c(C(=O)Cl)nc3ccccc32)cc1. The minimum atomic E-state index is -0.877. The van der Waals surface area contributed by atoms with Gasteiger partial charge in [-0.1, -0.05) is 12.1 Å². The average Bonchev–Trinajstić information content (AvgIpc) is 2.54. The zero-order valence-electron chi connectivity index (χ0n) is 11.6. The van der Waals surface area contributed by atoms with Gasteiger partial charge in [-0.3, -0.25) is 14.2 Å². The fourth-order valence-electron chi connectivity index (χ4n) is 2.25. The van der Waals surface area contributed by atoms with E-state index in [-0.39, 0.29) is 5.69 Å². The topological polar surface area (TPSA) is 61.2 Å². The molecule has 0 bridgehead atoms. The first-order chi connectivity index (χ1) is 10.6. The predicted octanol–water partition coefficient (Wildman–Crippen LogP) is 2.77. The Balaban J connectivity index is 2.37. The van der Waals surface area contributed by atoms with E-state index in [2.05, 4.69) is 4.98 Å². The molecule has 0 spiro atoms. The number of ether oxygens (including phenoxy) is 1. The van der Waals surface area contributed by atoms with E-state index in [4.69, 9.17) is 16.3 Å². The van der Waals surface area contributed by atoms with E-state index >= 15 is 0 Å². The summed E-state index contributed by atoms with van der Waals surface area (Å²) in [5, 5.41) is -0.877. The Hall–Kier alpha value is -2.66. The van der Waals surface area contributed by atoms with Gasteiger partial charge in [-0.15, -0.1) is 0 Å². The molecule has 5 nitrogen and oxygen atoms in total. The average molecular weight is 315 g/mol. The van der Waals surface area contributed by atoms with E-state index in [9.17, 15) is 9.59 Å². The van der Waals surface area contributed by atoms with Crippen molar-refractivity contribution < 1.29 is 9.53 Å². The molecule has 0 radical (unpaired) electrons. The summed E-state index contributed by atoms with van der Waals surface area (Å²) in [5.41, 5.74) is 0.866. The number of hydrogen-bond acceptors (Lipinski definition) is 4. The lowest BCUT2D eigenvalue weighted by atomic mass is 10.2. The van der Waals surface area contributed by atoms with Gasteiger partial charge < -0.3 is 4.74 Å². The van der Waals surface area contributed by atoms with Crippen LogP contribution in [0.3, 0.4) is 0 Å². The quantitative estimate of drug-likeness (QED) is 0.697. The predicted molar refractivity (Wildman–Crippen MR) is 84.1 cm³/mol. The Kier molecular flexibility index (Phi) is 3.65. The minimum Gasteiger partial charge on any atom is -0.497 e. The molecule has 2 aromatic carbocycles. The van der Waals surface area contributed by atoms with Crippen molar-refractivity contribution in [2.45, 2.75) is 0 Å². The highest BCUT2D eigenvalue weighted by Crippen LogP contribution is 2.18. The molecular formula is C16H11ClN2O3. The van der Waals surface area contributed by atoms with Crippen LogP contribution in [-0.4, -0.2) is 21.9 Å². The van der Waals surface area contributed by atoms with Crippen LogP contribution in [0.1, 0.15) is 10.5 Å². The summed E-state index contributed by atoms with van der Waals surface area (Å²) in [4.78, 5) is 28.1. The van der Waals surface area contributed by atoms with Crippen molar-refractivity contribution in [1.82, 2.24) is 9.55 Å². The second kappa shape index (κ2) is 5.61. The van der Waals surface area contributed by atoms with Crippen LogP contribution in [0, 0.1) is 0 Å². The number of aromatic nitrogens is 2. The van der Waals surface area contributed by atoms with E-state index in [1.807, 2.05) is 0 Å². The molecule has 0 aliphatic carbocycles. The van der Waals surface area contributed by atoms with Gasteiger partial charge in [0.2, 0.25) is 0 Å². The molecule has 0 saturated heterocycles. The summed E-state index contributed by atoms with van der Waals surface area (Å²) in [6, 6.07) is 14.0. The molecule has 0 amide bonds. The van der Waals surface area contributed by atoms with Gasteiger partial charge in [0.05, 0.1) is 18.1 Å². The molecule has 0 saturated carbocycles. The zero-order valence-corrected chi connectivity index (χ0v) is 12.4. The lowest BCUT2D eigenvalue weighted by molar-refractivity contribution is 0.107. The first-order valence-electron chi connectivity index (χ1n) is 6.48. The van der Waals surface area contributed by atoms with Crippen molar-refractivity contribution >= 4 is 27.9 Å². The zero-order chi connectivity index (χ0) is 15.7. The summed E-state index contributed by atoms with van der Waals surface area (Å²) in [5.74, 6) is 0.670. The van der Waals surface area contributed by atoms with E-state index in [0.717, 1.165) is 0 Å². The number of fused-ring (bicyclic) bond motifs is 1. The summed E-state index contributed by atoms with van der Waals surface area (Å²) in [6.45, 7) is 0. The minimum absolute atomic E-state index is 0.295. The monoisotopic (exact) mass is 314 g/mol. The maximum Gasteiger partial charge on any atom is 0.286 e. The van der Waals surface area contributed by atoms with Gasteiger partial charge in [-0.2, -0.15) is 0 Å². The van der Waals surface area contributed by atoms with Gasteiger partial charge in [0.25, 0.3) is 10.8 Å². The van der Waals surface area contributed by atoms with Crippen LogP contribution in [0.4, 0.5) is 0 Å². The highest BCUT2D eigenvalue weighted by atomic mass is 35.5. The molecule has 0 aliphatic heterocycles. The fraction of sp³-hybridized carbons (Fsp3) is 0.0625. The van der Waals surface area contributed by atoms with Gasteiger partial charge in [0.15, 0.2) is 5.69 Å². The van der Waals surface area contributed by atoms with Crippen LogP contribution >= 0.6 is 11.6 Å². The third-order valence-electron chi connectivity index (χ3n) is 3.28. The lowest BCUT2D eigenvalue weighted by Gasteiger charge is -2.11. The van der Waals surface area contributed by atoms with E-state index in [1.165, 1.54) is 4.57 Å². The first kappa shape index (κ1) is 14.3. The molecule has 6 heteroatoms. The molecule has 0 unspecified atom stereocenters. The Morgan fingerprint density at radius 3 is 2.45 bits per heavy atom. The van der Waals surface area contributed by atoms with Crippen LogP contribution in [0.15, 0.2) is 53.3 Å². The summed E-state index contributed by atoms with van der Waals surface area (Å²) in [6.07, 6.45) is 0. The van der Waals surface area contributed by atoms with Crippen LogP contribution < -0.4 is 10.3 Å². The Labute approximate surface area is 130 Å². The molecule has 22 heavy (non-hydrogen) atoms. The van der Waals surface area contributed by atoms with Crippen LogP contribution in [-0.2, 0) is 0 Å². The molecule has 0 N–H and O–H groups in total. The normalized spacial score (nSPS) is 10.6.